The van der Waals surface area contributed by atoms with Crippen molar-refractivity contribution in [3.8, 4) is 11.5 Å². The van der Waals surface area contributed by atoms with E-state index in [2.05, 4.69) is 21.2 Å². The van der Waals surface area contributed by atoms with E-state index in [4.69, 9.17) is 14.2 Å². The van der Waals surface area contributed by atoms with E-state index in [1.807, 2.05) is 44.2 Å². The summed E-state index contributed by atoms with van der Waals surface area (Å²) in [4.78, 5) is 24.9. The van der Waals surface area contributed by atoms with Crippen molar-refractivity contribution in [2.24, 2.45) is 0 Å². The molecule has 1 N–H and O–H groups in total. The van der Waals surface area contributed by atoms with Gasteiger partial charge in [-0.2, -0.15) is 0 Å². The Bertz CT molecular complexity index is 903. The number of ether oxygens (including phenoxy) is 3. The Hall–Kier alpha value is -2.19. The first kappa shape index (κ1) is 24.1. The third kappa shape index (κ3) is 7.25. The predicted molar refractivity (Wildman–Crippen MR) is 122 cm³/mol. The second kappa shape index (κ2) is 11.9. The Morgan fingerprint density at radius 3 is 2.47 bits per heavy atom. The van der Waals surface area contributed by atoms with Gasteiger partial charge in [0.15, 0.2) is 18.1 Å². The summed E-state index contributed by atoms with van der Waals surface area (Å²) < 4.78 is 16.6. The number of carbonyl (C=O) groups is 2. The van der Waals surface area contributed by atoms with Crippen molar-refractivity contribution in [1.82, 2.24) is 5.32 Å². The monoisotopic (exact) mass is 495 g/mol. The van der Waals surface area contributed by atoms with Gasteiger partial charge in [0.05, 0.1) is 20.0 Å². The van der Waals surface area contributed by atoms with Crippen LogP contribution in [0.5, 0.6) is 11.5 Å². The third-order valence-electron chi connectivity index (χ3n) is 4.35. The molecule has 162 valence electrons. The van der Waals surface area contributed by atoms with Crippen LogP contribution in [0.4, 0.5) is 0 Å². The van der Waals surface area contributed by atoms with Crippen molar-refractivity contribution < 1.29 is 23.8 Å². The number of methoxy groups -OCH3 is 2. The smallest absolute Gasteiger partial charge is 0.316 e. The summed E-state index contributed by atoms with van der Waals surface area (Å²) in [5.74, 6) is 0.702. The van der Waals surface area contributed by atoms with Gasteiger partial charge >= 0.3 is 5.97 Å². The van der Waals surface area contributed by atoms with E-state index in [1.165, 1.54) is 11.8 Å². The quantitative estimate of drug-likeness (QED) is 0.395. The zero-order valence-electron chi connectivity index (χ0n) is 17.5. The number of benzene rings is 2. The number of nitrogens with one attached hydrogen (secondary N) is 1. The van der Waals surface area contributed by atoms with Crippen molar-refractivity contribution in [2.45, 2.75) is 25.2 Å². The summed E-state index contributed by atoms with van der Waals surface area (Å²) in [6.45, 7) is 4.13. The normalized spacial score (nSPS) is 10.4. The molecule has 0 fully saturated rings. The van der Waals surface area contributed by atoms with Crippen molar-refractivity contribution in [1.29, 1.82) is 0 Å². The molecule has 8 heteroatoms. The first-order chi connectivity index (χ1) is 14.3. The average Bonchev–Trinajstić information content (AvgIpc) is 2.73. The highest BCUT2D eigenvalue weighted by Gasteiger charge is 2.11. The van der Waals surface area contributed by atoms with Crippen molar-refractivity contribution in [3.05, 3.63) is 51.5 Å². The van der Waals surface area contributed by atoms with Gasteiger partial charge in [-0.25, -0.2) is 0 Å². The molecule has 0 spiro atoms. The molecule has 0 aliphatic heterocycles. The van der Waals surface area contributed by atoms with Crippen LogP contribution in [0.1, 0.15) is 16.7 Å². The minimum atomic E-state index is -0.421. The Kier molecular flexibility index (Phi) is 9.52. The third-order valence-corrected chi connectivity index (χ3v) is 6.33. The number of amides is 1. The summed E-state index contributed by atoms with van der Waals surface area (Å²) in [5, 5.41) is 2.75. The molecule has 6 nitrogen and oxygen atoms in total. The number of hydrogen-bond donors (Lipinski definition) is 1. The van der Waals surface area contributed by atoms with Crippen LogP contribution in [-0.4, -0.2) is 45.0 Å². The second-order valence-electron chi connectivity index (χ2n) is 6.61. The molecule has 0 bridgehead atoms. The fraction of sp³-hybridized carbons (Fsp3) is 0.364. The molecule has 2 aromatic rings. The Balaban J connectivity index is 1.70. The van der Waals surface area contributed by atoms with Crippen LogP contribution in [0, 0.1) is 13.8 Å². The average molecular weight is 496 g/mol. The number of hydrogen-bond acceptors (Lipinski definition) is 6. The van der Waals surface area contributed by atoms with Crippen molar-refractivity contribution in [3.63, 3.8) is 0 Å². The first-order valence-corrected chi connectivity index (χ1v) is 11.1. The maximum absolute atomic E-state index is 12.0. The van der Waals surface area contributed by atoms with Gasteiger partial charge in [0.25, 0.3) is 5.91 Å². The molecule has 1 amide bonds. The molecule has 0 saturated carbocycles. The lowest BCUT2D eigenvalue weighted by atomic mass is 10.1. The Labute approximate surface area is 189 Å². The molecule has 0 aliphatic rings. The van der Waals surface area contributed by atoms with Crippen molar-refractivity contribution >= 4 is 39.6 Å². The van der Waals surface area contributed by atoms with E-state index in [0.717, 1.165) is 26.1 Å². The van der Waals surface area contributed by atoms with Gasteiger partial charge in [0, 0.05) is 15.9 Å². The molecule has 0 aromatic heterocycles. The molecule has 2 aromatic carbocycles. The number of thioether (sulfide) groups is 1. The highest BCUT2D eigenvalue weighted by molar-refractivity contribution is 9.10. The maximum Gasteiger partial charge on any atom is 0.316 e. The zero-order valence-corrected chi connectivity index (χ0v) is 19.9. The lowest BCUT2D eigenvalue weighted by Gasteiger charge is -2.10. The summed E-state index contributed by atoms with van der Waals surface area (Å²) >= 11 is 4.89. The zero-order chi connectivity index (χ0) is 22.1. The van der Waals surface area contributed by atoms with Crippen LogP contribution in [0.15, 0.2) is 39.7 Å². The molecule has 30 heavy (non-hydrogen) atoms. The standard InChI is InChI=1S/C22H26BrNO5S/c1-14-10-20(15(2)9-17(14)23)30-13-22(26)29-12-21(25)24-8-7-16-5-6-18(27-3)19(11-16)28-4/h5-6,9-11H,7-8,12-13H2,1-4H3,(H,24,25). The molecule has 0 aliphatic carbocycles. The van der Waals surface area contributed by atoms with Crippen LogP contribution < -0.4 is 14.8 Å². The minimum Gasteiger partial charge on any atom is -0.493 e. The molecule has 0 atom stereocenters. The van der Waals surface area contributed by atoms with E-state index in [-0.39, 0.29) is 18.3 Å². The van der Waals surface area contributed by atoms with Crippen LogP contribution in [0.2, 0.25) is 0 Å². The molecule has 2 rings (SSSR count). The van der Waals surface area contributed by atoms with Crippen LogP contribution >= 0.6 is 27.7 Å². The predicted octanol–water partition coefficient (Wildman–Crippen LogP) is 4.08. The lowest BCUT2D eigenvalue weighted by molar-refractivity contribution is -0.145. The van der Waals surface area contributed by atoms with Crippen LogP contribution in [0.25, 0.3) is 0 Å². The molecular weight excluding hydrogens is 470 g/mol. The Morgan fingerprint density at radius 2 is 1.77 bits per heavy atom. The van der Waals surface area contributed by atoms with Gasteiger partial charge in [-0.3, -0.25) is 9.59 Å². The van der Waals surface area contributed by atoms with Gasteiger partial charge in [-0.1, -0.05) is 22.0 Å². The molecule has 0 heterocycles. The maximum atomic E-state index is 12.0. The van der Waals surface area contributed by atoms with E-state index in [0.29, 0.717) is 24.5 Å². The summed E-state index contributed by atoms with van der Waals surface area (Å²) in [7, 11) is 3.16. The summed E-state index contributed by atoms with van der Waals surface area (Å²) in [5.41, 5.74) is 3.19. The molecular formula is C22H26BrNO5S. The van der Waals surface area contributed by atoms with Gasteiger partial charge in [0.2, 0.25) is 0 Å². The first-order valence-electron chi connectivity index (χ1n) is 9.36. The molecule has 0 radical (unpaired) electrons. The minimum absolute atomic E-state index is 0.154. The van der Waals surface area contributed by atoms with E-state index in [9.17, 15) is 9.59 Å². The fourth-order valence-corrected chi connectivity index (χ4v) is 4.03. The van der Waals surface area contributed by atoms with E-state index < -0.39 is 5.97 Å². The van der Waals surface area contributed by atoms with Crippen LogP contribution in [0.3, 0.4) is 0 Å². The summed E-state index contributed by atoms with van der Waals surface area (Å²) in [6.07, 6.45) is 0.623. The van der Waals surface area contributed by atoms with Crippen LogP contribution in [-0.2, 0) is 20.7 Å². The lowest BCUT2D eigenvalue weighted by Crippen LogP contribution is -2.30. The second-order valence-corrected chi connectivity index (χ2v) is 8.48. The number of carbonyl (C=O) groups excluding carboxylic acids is 2. The number of rotatable bonds is 10. The fourth-order valence-electron chi connectivity index (χ4n) is 2.67. The number of aryl methyl sites for hydroxylation is 2. The number of esters is 1. The highest BCUT2D eigenvalue weighted by Crippen LogP contribution is 2.29. The highest BCUT2D eigenvalue weighted by atomic mass is 79.9. The number of halogens is 1. The van der Waals surface area contributed by atoms with Gasteiger partial charge in [-0.05, 0) is 61.2 Å². The van der Waals surface area contributed by atoms with Gasteiger partial charge < -0.3 is 19.5 Å². The largest absolute Gasteiger partial charge is 0.493 e. The molecule has 0 unspecified atom stereocenters. The van der Waals surface area contributed by atoms with Crippen molar-refractivity contribution in [2.75, 3.05) is 33.1 Å². The SMILES string of the molecule is COc1ccc(CCNC(=O)COC(=O)CSc2cc(C)c(Br)cc2C)cc1OC. The Morgan fingerprint density at radius 1 is 1.03 bits per heavy atom. The van der Waals surface area contributed by atoms with E-state index >= 15 is 0 Å². The van der Waals surface area contributed by atoms with Gasteiger partial charge in [0.1, 0.15) is 0 Å². The van der Waals surface area contributed by atoms with E-state index in [1.54, 1.807) is 14.2 Å². The summed E-state index contributed by atoms with van der Waals surface area (Å²) in [6, 6.07) is 9.65. The topological polar surface area (TPSA) is 73.9 Å². The molecule has 0 saturated heterocycles. The van der Waals surface area contributed by atoms with Gasteiger partial charge in [-0.15, -0.1) is 11.8 Å².